The number of rotatable bonds is 5. The first-order chi connectivity index (χ1) is 13.3. The van der Waals surface area contributed by atoms with E-state index in [9.17, 15) is 9.18 Å². The first-order valence-electron chi connectivity index (χ1n) is 9.50. The van der Waals surface area contributed by atoms with Gasteiger partial charge in [-0.2, -0.15) is 0 Å². The van der Waals surface area contributed by atoms with E-state index in [1.54, 1.807) is 6.07 Å². The van der Waals surface area contributed by atoms with E-state index in [0.29, 0.717) is 17.3 Å². The van der Waals surface area contributed by atoms with E-state index in [1.807, 2.05) is 43.0 Å². The van der Waals surface area contributed by atoms with E-state index in [4.69, 9.17) is 16.3 Å². The van der Waals surface area contributed by atoms with Gasteiger partial charge >= 0.3 is 0 Å². The van der Waals surface area contributed by atoms with E-state index < -0.39 is 0 Å². The van der Waals surface area contributed by atoms with Gasteiger partial charge in [-0.3, -0.25) is 9.69 Å². The predicted octanol–water partition coefficient (Wildman–Crippen LogP) is 4.29. The average Bonchev–Trinajstić information content (AvgIpc) is 2.65. The van der Waals surface area contributed by atoms with Crippen LogP contribution in [0.5, 0.6) is 5.75 Å². The topological polar surface area (TPSA) is 32.8 Å². The minimum Gasteiger partial charge on any atom is -0.482 e. The van der Waals surface area contributed by atoms with Crippen molar-refractivity contribution in [2.45, 2.75) is 39.4 Å². The van der Waals surface area contributed by atoms with Gasteiger partial charge < -0.3 is 9.64 Å². The van der Waals surface area contributed by atoms with E-state index in [2.05, 4.69) is 11.8 Å². The smallest absolute Gasteiger partial charge is 0.260 e. The highest BCUT2D eigenvalue weighted by atomic mass is 35.5. The van der Waals surface area contributed by atoms with Crippen molar-refractivity contribution in [3.63, 3.8) is 0 Å². The largest absolute Gasteiger partial charge is 0.482 e. The fraction of sp³-hybridized carbons (Fsp3) is 0.409. The van der Waals surface area contributed by atoms with Gasteiger partial charge in [-0.25, -0.2) is 4.39 Å². The SMILES string of the molecule is Cc1ccc(OCC(=O)N2C[C@@H](C)N(Cc3ccc(F)cc3)C[C@@H]2C)c(Cl)c1. The maximum atomic E-state index is 13.1. The van der Waals surface area contributed by atoms with Crippen LogP contribution in [0.4, 0.5) is 4.39 Å². The van der Waals surface area contributed by atoms with Crippen LogP contribution < -0.4 is 4.74 Å². The summed E-state index contributed by atoms with van der Waals surface area (Å²) in [5.41, 5.74) is 2.11. The van der Waals surface area contributed by atoms with Crippen molar-refractivity contribution < 1.29 is 13.9 Å². The molecule has 0 spiro atoms. The summed E-state index contributed by atoms with van der Waals surface area (Å²) >= 11 is 6.18. The molecule has 1 fully saturated rings. The minimum absolute atomic E-state index is 0.0300. The van der Waals surface area contributed by atoms with Crippen LogP contribution in [0.3, 0.4) is 0 Å². The fourth-order valence-corrected chi connectivity index (χ4v) is 3.83. The van der Waals surface area contributed by atoms with Crippen LogP contribution in [0.2, 0.25) is 5.02 Å². The summed E-state index contributed by atoms with van der Waals surface area (Å²) in [6.07, 6.45) is 0. The lowest BCUT2D eigenvalue weighted by molar-refractivity contribution is -0.139. The number of halogens is 2. The van der Waals surface area contributed by atoms with E-state index in [0.717, 1.165) is 24.2 Å². The minimum atomic E-state index is -0.228. The molecule has 2 aromatic carbocycles. The Labute approximate surface area is 170 Å². The molecule has 1 saturated heterocycles. The highest BCUT2D eigenvalue weighted by Crippen LogP contribution is 2.25. The molecule has 2 atom stereocenters. The Bertz CT molecular complexity index is 828. The molecule has 0 aromatic heterocycles. The highest BCUT2D eigenvalue weighted by Gasteiger charge is 2.32. The van der Waals surface area contributed by atoms with Gasteiger partial charge in [-0.05, 0) is 56.2 Å². The Kier molecular flexibility index (Phi) is 6.57. The molecule has 3 rings (SSSR count). The number of hydrogen-bond donors (Lipinski definition) is 0. The zero-order chi connectivity index (χ0) is 20.3. The van der Waals surface area contributed by atoms with Crippen molar-refractivity contribution >= 4 is 17.5 Å². The molecule has 150 valence electrons. The highest BCUT2D eigenvalue weighted by molar-refractivity contribution is 6.32. The Morgan fingerprint density at radius 1 is 1.14 bits per heavy atom. The van der Waals surface area contributed by atoms with Crippen LogP contribution in [0.25, 0.3) is 0 Å². The maximum Gasteiger partial charge on any atom is 0.260 e. The number of aryl methyl sites for hydroxylation is 1. The van der Waals surface area contributed by atoms with Crippen molar-refractivity contribution in [3.05, 3.63) is 64.4 Å². The third kappa shape index (κ3) is 5.03. The Hall–Kier alpha value is -2.11. The van der Waals surface area contributed by atoms with Crippen LogP contribution in [-0.2, 0) is 11.3 Å². The lowest BCUT2D eigenvalue weighted by Gasteiger charge is -2.44. The molecule has 2 aromatic rings. The molecule has 0 N–H and O–H groups in total. The molecule has 1 heterocycles. The normalized spacial score (nSPS) is 20.2. The number of hydrogen-bond acceptors (Lipinski definition) is 3. The Morgan fingerprint density at radius 3 is 2.54 bits per heavy atom. The number of carbonyl (C=O) groups is 1. The van der Waals surface area contributed by atoms with Crippen molar-refractivity contribution in [1.29, 1.82) is 0 Å². The van der Waals surface area contributed by atoms with Crippen LogP contribution in [0.15, 0.2) is 42.5 Å². The standard InChI is InChI=1S/C22H26ClFN2O2/c1-15-4-9-21(20(23)10-15)28-14-22(27)26-12-16(2)25(11-17(26)3)13-18-5-7-19(24)8-6-18/h4-10,16-17H,11-14H2,1-3H3/t16-,17+/m1/s1. The molecule has 28 heavy (non-hydrogen) atoms. The summed E-state index contributed by atoms with van der Waals surface area (Å²) in [6, 6.07) is 12.4. The van der Waals surface area contributed by atoms with E-state index in [1.165, 1.54) is 12.1 Å². The monoisotopic (exact) mass is 404 g/mol. The first-order valence-corrected chi connectivity index (χ1v) is 9.88. The van der Waals surface area contributed by atoms with Crippen molar-refractivity contribution in [2.75, 3.05) is 19.7 Å². The molecule has 6 heteroatoms. The van der Waals surface area contributed by atoms with Crippen LogP contribution in [0.1, 0.15) is 25.0 Å². The first kappa shape index (κ1) is 20.6. The van der Waals surface area contributed by atoms with Crippen LogP contribution >= 0.6 is 11.6 Å². The number of benzene rings is 2. The number of carbonyl (C=O) groups excluding carboxylic acids is 1. The van der Waals surface area contributed by atoms with Gasteiger partial charge in [0.1, 0.15) is 11.6 Å². The molecule has 0 unspecified atom stereocenters. The summed E-state index contributed by atoms with van der Waals surface area (Å²) in [5.74, 6) is 0.253. The zero-order valence-corrected chi connectivity index (χ0v) is 17.2. The maximum absolute atomic E-state index is 13.1. The molecule has 4 nitrogen and oxygen atoms in total. The molecule has 0 aliphatic carbocycles. The molecule has 0 bridgehead atoms. The lowest BCUT2D eigenvalue weighted by Crippen LogP contribution is -2.58. The molecular weight excluding hydrogens is 379 g/mol. The number of amides is 1. The van der Waals surface area contributed by atoms with E-state index >= 15 is 0 Å². The Morgan fingerprint density at radius 2 is 1.86 bits per heavy atom. The van der Waals surface area contributed by atoms with Crippen molar-refractivity contribution in [1.82, 2.24) is 9.80 Å². The summed E-state index contributed by atoms with van der Waals surface area (Å²) < 4.78 is 18.8. The second-order valence-corrected chi connectivity index (χ2v) is 7.93. The summed E-state index contributed by atoms with van der Waals surface area (Å²) in [6.45, 7) is 8.20. The molecule has 0 saturated carbocycles. The van der Waals surface area contributed by atoms with Gasteiger partial charge in [0.2, 0.25) is 0 Å². The van der Waals surface area contributed by atoms with Crippen molar-refractivity contribution in [3.8, 4) is 5.75 Å². The molecule has 1 aliphatic rings. The second-order valence-electron chi connectivity index (χ2n) is 7.52. The van der Waals surface area contributed by atoms with E-state index in [-0.39, 0.29) is 30.4 Å². The fourth-order valence-electron chi connectivity index (χ4n) is 3.54. The van der Waals surface area contributed by atoms with Gasteiger partial charge in [0.15, 0.2) is 6.61 Å². The number of piperazine rings is 1. The number of ether oxygens (including phenoxy) is 1. The van der Waals surface area contributed by atoms with Gasteiger partial charge in [-0.15, -0.1) is 0 Å². The third-order valence-corrected chi connectivity index (χ3v) is 5.47. The quantitative estimate of drug-likeness (QED) is 0.745. The summed E-state index contributed by atoms with van der Waals surface area (Å²) in [5, 5.41) is 0.512. The van der Waals surface area contributed by atoms with Gasteiger partial charge in [0.25, 0.3) is 5.91 Å². The third-order valence-electron chi connectivity index (χ3n) is 5.17. The predicted molar refractivity (Wildman–Crippen MR) is 109 cm³/mol. The summed E-state index contributed by atoms with van der Waals surface area (Å²) in [7, 11) is 0. The van der Waals surface area contributed by atoms with Gasteiger partial charge in [0, 0.05) is 31.7 Å². The van der Waals surface area contributed by atoms with Crippen LogP contribution in [0, 0.1) is 12.7 Å². The van der Waals surface area contributed by atoms with Gasteiger partial charge in [0.05, 0.1) is 5.02 Å². The average molecular weight is 405 g/mol. The molecule has 1 aliphatic heterocycles. The molecule has 1 amide bonds. The van der Waals surface area contributed by atoms with Crippen LogP contribution in [-0.4, -0.2) is 47.5 Å². The molecular formula is C22H26ClFN2O2. The zero-order valence-electron chi connectivity index (χ0n) is 16.5. The number of nitrogens with zero attached hydrogens (tertiary/aromatic N) is 2. The summed E-state index contributed by atoms with van der Waals surface area (Å²) in [4.78, 5) is 16.9. The van der Waals surface area contributed by atoms with Crippen molar-refractivity contribution in [2.24, 2.45) is 0 Å². The lowest BCUT2D eigenvalue weighted by atomic mass is 10.1. The second kappa shape index (κ2) is 8.93. The van der Waals surface area contributed by atoms with Gasteiger partial charge in [-0.1, -0.05) is 29.8 Å². The Balaban J connectivity index is 1.57. The molecule has 0 radical (unpaired) electrons.